The average molecular weight is 250 g/mol. The summed E-state index contributed by atoms with van der Waals surface area (Å²) in [5.74, 6) is -1.41. The van der Waals surface area contributed by atoms with E-state index in [0.29, 0.717) is 12.8 Å². The highest BCUT2D eigenvalue weighted by Crippen LogP contribution is 2.01. The van der Waals surface area contributed by atoms with E-state index in [1.54, 1.807) is 0 Å². The molecule has 7 heteroatoms. The highest BCUT2D eigenvalue weighted by Gasteiger charge is 2.05. The molecule has 0 aromatic rings. The number of aliphatic hydroxyl groups is 1. The van der Waals surface area contributed by atoms with Crippen LogP contribution in [0.1, 0.15) is 25.7 Å². The van der Waals surface area contributed by atoms with Crippen LogP contribution >= 0.6 is 0 Å². The second-order valence-electron chi connectivity index (χ2n) is 3.21. The quantitative estimate of drug-likeness (QED) is 0.305. The minimum absolute atomic E-state index is 0.0448. The summed E-state index contributed by atoms with van der Waals surface area (Å²) in [6, 6.07) is 0. The first-order valence-corrected chi connectivity index (χ1v) is 5.39. The predicted octanol–water partition coefficient (Wildman–Crippen LogP) is 0.115. The van der Waals surface area contributed by atoms with Gasteiger partial charge >= 0.3 is 11.9 Å². The molecule has 17 heavy (non-hydrogen) atoms. The molecule has 0 radical (unpaired) electrons. The Balaban J connectivity index is 3.20. The van der Waals surface area contributed by atoms with Gasteiger partial charge < -0.3 is 14.9 Å². The van der Waals surface area contributed by atoms with E-state index in [1.165, 1.54) is 0 Å². The maximum Gasteiger partial charge on any atom is 0.342 e. The number of carbonyl (C=O) groups excluding carboxylic acids is 1. The molecule has 7 nitrogen and oxygen atoms in total. The van der Waals surface area contributed by atoms with E-state index in [2.05, 4.69) is 9.78 Å². The minimum Gasteiger partial charge on any atom is -0.481 e. The number of hydrogen-bond donors (Lipinski definition) is 2. The third kappa shape index (κ3) is 12.8. The molecule has 0 aliphatic carbocycles. The second-order valence-corrected chi connectivity index (χ2v) is 3.21. The second kappa shape index (κ2) is 11.3. The lowest BCUT2D eigenvalue weighted by atomic mass is 10.2. The molecule has 0 heterocycles. The van der Waals surface area contributed by atoms with Crippen LogP contribution in [0.2, 0.25) is 0 Å². The van der Waals surface area contributed by atoms with Crippen molar-refractivity contribution in [2.75, 3.05) is 26.4 Å². The molecular weight excluding hydrogens is 232 g/mol. The van der Waals surface area contributed by atoms with Crippen molar-refractivity contribution in [1.82, 2.24) is 0 Å². The first-order valence-electron chi connectivity index (χ1n) is 5.39. The molecule has 0 rings (SSSR count). The van der Waals surface area contributed by atoms with Crippen molar-refractivity contribution in [1.29, 1.82) is 0 Å². The number of carboxylic acid groups (broad SMARTS) is 1. The van der Waals surface area contributed by atoms with Crippen LogP contribution in [0.4, 0.5) is 0 Å². The Bertz CT molecular complexity index is 217. The van der Waals surface area contributed by atoms with Crippen molar-refractivity contribution in [2.45, 2.75) is 25.7 Å². The number of carbonyl (C=O) groups is 2. The molecular formula is C10H18O7. The van der Waals surface area contributed by atoms with Crippen LogP contribution in [0.15, 0.2) is 0 Å². The summed E-state index contributed by atoms with van der Waals surface area (Å²) in [5.41, 5.74) is 0. The van der Waals surface area contributed by atoms with Gasteiger partial charge in [0.25, 0.3) is 0 Å². The zero-order valence-corrected chi connectivity index (χ0v) is 9.59. The zero-order chi connectivity index (χ0) is 12.9. The van der Waals surface area contributed by atoms with Crippen LogP contribution < -0.4 is 0 Å². The van der Waals surface area contributed by atoms with Crippen LogP contribution in [0.25, 0.3) is 0 Å². The summed E-state index contributed by atoms with van der Waals surface area (Å²) in [4.78, 5) is 30.1. The Morgan fingerprint density at radius 2 is 1.71 bits per heavy atom. The van der Waals surface area contributed by atoms with Crippen molar-refractivity contribution in [2.24, 2.45) is 0 Å². The Morgan fingerprint density at radius 3 is 2.35 bits per heavy atom. The smallest absolute Gasteiger partial charge is 0.342 e. The third-order valence-electron chi connectivity index (χ3n) is 1.72. The molecule has 100 valence electrons. The van der Waals surface area contributed by atoms with E-state index < -0.39 is 11.9 Å². The van der Waals surface area contributed by atoms with E-state index in [0.717, 1.165) is 0 Å². The van der Waals surface area contributed by atoms with Crippen LogP contribution in [0.3, 0.4) is 0 Å². The number of unbranched alkanes of at least 4 members (excludes halogenated alkanes) is 1. The van der Waals surface area contributed by atoms with Gasteiger partial charge in [0.15, 0.2) is 0 Å². The summed E-state index contributed by atoms with van der Waals surface area (Å²) in [5, 5.41) is 16.7. The summed E-state index contributed by atoms with van der Waals surface area (Å²) in [7, 11) is 0. The molecule has 0 spiro atoms. The molecule has 0 aromatic carbocycles. The molecule has 0 aliphatic heterocycles. The van der Waals surface area contributed by atoms with Gasteiger partial charge in [-0.3, -0.25) is 9.68 Å². The monoisotopic (exact) mass is 250 g/mol. The maximum atomic E-state index is 11.0. The maximum absolute atomic E-state index is 11.0. The number of aliphatic hydroxyl groups excluding tert-OH is 1. The van der Waals surface area contributed by atoms with Gasteiger partial charge in [-0.05, 0) is 12.8 Å². The molecule has 0 amide bonds. The molecule has 0 atom stereocenters. The van der Waals surface area contributed by atoms with Crippen LogP contribution in [0.5, 0.6) is 0 Å². The van der Waals surface area contributed by atoms with E-state index in [9.17, 15) is 9.59 Å². The highest BCUT2D eigenvalue weighted by atomic mass is 17.2. The number of aliphatic carboxylic acids is 1. The zero-order valence-electron chi connectivity index (χ0n) is 9.59. The predicted molar refractivity (Wildman–Crippen MR) is 56.1 cm³/mol. The summed E-state index contributed by atoms with van der Waals surface area (Å²) in [6.45, 7) is 0.476. The van der Waals surface area contributed by atoms with Crippen molar-refractivity contribution in [3.8, 4) is 0 Å². The number of carboxylic acids is 1. The van der Waals surface area contributed by atoms with E-state index in [1.807, 2.05) is 0 Å². The standard InChI is InChI=1S/C10H18O7/c11-5-6-15-7-8-16-17-10(14)4-2-1-3-9(12)13/h11H,1-8H2,(H,12,13). The molecule has 0 saturated heterocycles. The van der Waals surface area contributed by atoms with Gasteiger partial charge in [0.1, 0.15) is 6.61 Å². The number of ether oxygens (including phenoxy) is 1. The van der Waals surface area contributed by atoms with E-state index in [-0.39, 0.29) is 39.3 Å². The Labute approximate surface area is 99.2 Å². The largest absolute Gasteiger partial charge is 0.481 e. The van der Waals surface area contributed by atoms with E-state index >= 15 is 0 Å². The number of rotatable bonds is 11. The molecule has 0 unspecified atom stereocenters. The molecule has 0 aromatic heterocycles. The molecule has 0 aliphatic rings. The van der Waals surface area contributed by atoms with Crippen molar-refractivity contribution < 1.29 is 34.3 Å². The van der Waals surface area contributed by atoms with Gasteiger partial charge in [0.05, 0.1) is 19.8 Å². The van der Waals surface area contributed by atoms with Gasteiger partial charge in [0, 0.05) is 12.8 Å². The first kappa shape index (κ1) is 15.8. The molecule has 2 N–H and O–H groups in total. The normalized spacial score (nSPS) is 10.2. The first-order chi connectivity index (χ1) is 8.16. The van der Waals surface area contributed by atoms with E-state index in [4.69, 9.17) is 14.9 Å². The fourth-order valence-electron chi connectivity index (χ4n) is 0.954. The van der Waals surface area contributed by atoms with Gasteiger partial charge in [-0.15, -0.1) is 0 Å². The lowest BCUT2D eigenvalue weighted by Gasteiger charge is -2.03. The summed E-state index contributed by atoms with van der Waals surface area (Å²) < 4.78 is 4.86. The van der Waals surface area contributed by atoms with Crippen molar-refractivity contribution in [3.05, 3.63) is 0 Å². The number of hydrogen-bond acceptors (Lipinski definition) is 6. The van der Waals surface area contributed by atoms with Crippen LogP contribution in [-0.4, -0.2) is 48.6 Å². The SMILES string of the molecule is O=C(O)CCCCC(=O)OOCCOCCO. The Hall–Kier alpha value is -1.18. The summed E-state index contributed by atoms with van der Waals surface area (Å²) >= 11 is 0. The Morgan fingerprint density at radius 1 is 1.00 bits per heavy atom. The Kier molecular flexibility index (Phi) is 10.5. The highest BCUT2D eigenvalue weighted by molar-refractivity contribution is 5.69. The molecule has 0 fully saturated rings. The fourth-order valence-corrected chi connectivity index (χ4v) is 0.954. The third-order valence-corrected chi connectivity index (χ3v) is 1.72. The molecule has 0 saturated carbocycles. The fraction of sp³-hybridized carbons (Fsp3) is 0.800. The topological polar surface area (TPSA) is 102 Å². The van der Waals surface area contributed by atoms with Crippen LogP contribution in [-0.2, 0) is 24.1 Å². The molecule has 0 bridgehead atoms. The lowest BCUT2D eigenvalue weighted by molar-refractivity contribution is -0.276. The lowest BCUT2D eigenvalue weighted by Crippen LogP contribution is -2.11. The van der Waals surface area contributed by atoms with Gasteiger partial charge in [0.2, 0.25) is 0 Å². The van der Waals surface area contributed by atoms with Crippen molar-refractivity contribution in [3.63, 3.8) is 0 Å². The van der Waals surface area contributed by atoms with Crippen molar-refractivity contribution >= 4 is 11.9 Å². The van der Waals surface area contributed by atoms with Crippen LogP contribution in [0, 0.1) is 0 Å². The minimum atomic E-state index is -0.879. The van der Waals surface area contributed by atoms with Gasteiger partial charge in [-0.2, -0.15) is 4.89 Å². The average Bonchev–Trinajstić information content (AvgIpc) is 2.29. The summed E-state index contributed by atoms with van der Waals surface area (Å²) in [6.07, 6.45) is 1.06. The van der Waals surface area contributed by atoms with Gasteiger partial charge in [-0.1, -0.05) is 0 Å². The van der Waals surface area contributed by atoms with Gasteiger partial charge in [-0.25, -0.2) is 4.79 Å².